The average Bonchev–Trinajstić information content (AvgIpc) is 3.05. The van der Waals surface area contributed by atoms with Crippen molar-refractivity contribution in [3.05, 3.63) is 59.1 Å². The molecule has 0 unspecified atom stereocenters. The van der Waals surface area contributed by atoms with Crippen LogP contribution in [0.4, 0.5) is 0 Å². The van der Waals surface area contributed by atoms with Crippen LogP contribution >= 0.6 is 11.6 Å². The summed E-state index contributed by atoms with van der Waals surface area (Å²) in [6, 6.07) is 11.8. The van der Waals surface area contributed by atoms with Gasteiger partial charge < -0.3 is 37.3 Å². The highest BCUT2D eigenvalue weighted by Gasteiger charge is 2.33. The number of nitrogens with two attached hydrogens (primary N) is 2. The topological polar surface area (TPSA) is 222 Å². The lowest BCUT2D eigenvalue weighted by molar-refractivity contribution is -0.135. The summed E-state index contributed by atoms with van der Waals surface area (Å²) in [6.07, 6.45) is -0.622. The molecule has 48 heavy (non-hydrogen) atoms. The van der Waals surface area contributed by atoms with Gasteiger partial charge in [-0.05, 0) is 61.8 Å². The molecule has 0 aliphatic rings. The number of benzene rings is 2. The zero-order valence-electron chi connectivity index (χ0n) is 27.7. The number of halogens is 1. The largest absolute Gasteiger partial charge is 0.454 e. The summed E-state index contributed by atoms with van der Waals surface area (Å²) in [4.78, 5) is 65.3. The Kier molecular flexibility index (Phi) is 17.1. The molecule has 2 aromatic rings. The molecule has 2 rings (SSSR count). The Balaban J connectivity index is 2.03. The maximum Gasteiger partial charge on any atom is 0.454 e. The Morgan fingerprint density at radius 2 is 1.38 bits per heavy atom. The molecule has 0 radical (unpaired) electrons. The smallest absolute Gasteiger partial charge is 0.427 e. The molecule has 0 fully saturated rings. The van der Waals surface area contributed by atoms with Gasteiger partial charge in [-0.25, -0.2) is 0 Å². The predicted molar refractivity (Wildman–Crippen MR) is 185 cm³/mol. The minimum absolute atomic E-state index is 0.172. The van der Waals surface area contributed by atoms with Gasteiger partial charge in [0.2, 0.25) is 11.8 Å². The first-order valence-electron chi connectivity index (χ1n) is 16.2. The summed E-state index contributed by atoms with van der Waals surface area (Å²) >= 11 is 5.96. The van der Waals surface area contributed by atoms with Crippen molar-refractivity contribution in [3.8, 4) is 11.1 Å². The lowest BCUT2D eigenvalue weighted by Crippen LogP contribution is -2.51. The molecule has 6 atom stereocenters. The average molecular weight is 687 g/mol. The number of rotatable bonds is 21. The van der Waals surface area contributed by atoms with Crippen LogP contribution in [-0.4, -0.2) is 82.7 Å². The van der Waals surface area contributed by atoms with E-state index in [1.54, 1.807) is 36.4 Å². The van der Waals surface area contributed by atoms with Crippen LogP contribution in [0.15, 0.2) is 48.5 Å². The molecule has 0 saturated heterocycles. The second-order valence-electron chi connectivity index (χ2n) is 12.3. The Morgan fingerprint density at radius 1 is 0.792 bits per heavy atom. The van der Waals surface area contributed by atoms with Crippen molar-refractivity contribution in [2.24, 2.45) is 23.3 Å². The normalized spacial score (nSPS) is 14.9. The van der Waals surface area contributed by atoms with Crippen LogP contribution in [0, 0.1) is 11.8 Å². The maximum atomic E-state index is 13.2. The van der Waals surface area contributed by atoms with Crippen molar-refractivity contribution in [1.29, 1.82) is 0 Å². The van der Waals surface area contributed by atoms with Gasteiger partial charge >= 0.3 is 7.12 Å². The van der Waals surface area contributed by atoms with Crippen molar-refractivity contribution in [1.82, 2.24) is 10.6 Å². The molecule has 9 N–H and O–H groups in total. The van der Waals surface area contributed by atoms with E-state index in [0.717, 1.165) is 11.1 Å². The lowest BCUT2D eigenvalue weighted by Gasteiger charge is -2.25. The summed E-state index contributed by atoms with van der Waals surface area (Å²) in [5.41, 5.74) is 13.6. The van der Waals surface area contributed by atoms with E-state index in [9.17, 15) is 39.1 Å². The summed E-state index contributed by atoms with van der Waals surface area (Å²) in [6.45, 7) is 4.51. The van der Waals surface area contributed by atoms with Crippen molar-refractivity contribution >= 4 is 47.9 Å². The number of ketones is 3. The van der Waals surface area contributed by atoms with Gasteiger partial charge in [-0.3, -0.25) is 24.0 Å². The zero-order valence-corrected chi connectivity index (χ0v) is 28.5. The van der Waals surface area contributed by atoms with E-state index in [-0.39, 0.29) is 43.8 Å². The van der Waals surface area contributed by atoms with Crippen LogP contribution in [0.25, 0.3) is 11.1 Å². The Labute approximate surface area is 287 Å². The summed E-state index contributed by atoms with van der Waals surface area (Å²) in [5.74, 6) is -5.26. The van der Waals surface area contributed by atoms with E-state index in [1.165, 1.54) is 20.8 Å². The van der Waals surface area contributed by atoms with Gasteiger partial charge in [0.1, 0.15) is 6.04 Å². The van der Waals surface area contributed by atoms with Crippen molar-refractivity contribution in [3.63, 3.8) is 0 Å². The SMILES string of the molecule is C[C@H](CC(=O)[C@H](CCCCN)NC(=O)[C@H](C)CC(=O)[C@@H](NC(=O)[C@H](CN)CC(=O)c1ccc(-c2ccc(Cl)cc2)cc1)[C@@H](C)O)B(O)O. The molecule has 0 aromatic heterocycles. The van der Waals surface area contributed by atoms with Gasteiger partial charge in [0, 0.05) is 42.3 Å². The second-order valence-corrected chi connectivity index (χ2v) is 12.8. The molecule has 262 valence electrons. The molecule has 12 nitrogen and oxygen atoms in total. The van der Waals surface area contributed by atoms with Gasteiger partial charge in [0.25, 0.3) is 0 Å². The van der Waals surface area contributed by atoms with Crippen molar-refractivity contribution in [2.45, 2.75) is 83.3 Å². The number of Topliss-reactive ketones (excluding diaryl/α,β-unsaturated/α-hetero) is 3. The van der Waals surface area contributed by atoms with E-state index in [4.69, 9.17) is 23.1 Å². The van der Waals surface area contributed by atoms with Crippen LogP contribution < -0.4 is 22.1 Å². The summed E-state index contributed by atoms with van der Waals surface area (Å²) in [7, 11) is -1.69. The second kappa shape index (κ2) is 20.1. The summed E-state index contributed by atoms with van der Waals surface area (Å²) < 4.78 is 0. The Bertz CT molecular complexity index is 1370. The first kappa shape index (κ1) is 40.7. The lowest BCUT2D eigenvalue weighted by atomic mass is 9.71. The van der Waals surface area contributed by atoms with Crippen molar-refractivity contribution in [2.75, 3.05) is 13.1 Å². The van der Waals surface area contributed by atoms with Gasteiger partial charge in [-0.15, -0.1) is 0 Å². The van der Waals surface area contributed by atoms with Crippen LogP contribution in [0.2, 0.25) is 10.8 Å². The number of nitrogens with one attached hydrogen (secondary N) is 2. The van der Waals surface area contributed by atoms with E-state index in [0.29, 0.717) is 30.0 Å². The number of aliphatic hydroxyl groups excluding tert-OH is 1. The molecule has 2 amide bonds. The number of carbonyl (C=O) groups excluding carboxylic acids is 5. The van der Waals surface area contributed by atoms with E-state index in [1.807, 2.05) is 12.1 Å². The van der Waals surface area contributed by atoms with Gasteiger partial charge in [0.15, 0.2) is 17.3 Å². The summed E-state index contributed by atoms with van der Waals surface area (Å²) in [5, 5.41) is 34.9. The van der Waals surface area contributed by atoms with E-state index in [2.05, 4.69) is 10.6 Å². The third-order valence-electron chi connectivity index (χ3n) is 8.24. The standard InChI is InChI=1S/C34H48BClN4O8/c1-20(33(45)39-28(6-4-5-15-37)30(43)17-21(2)35(47)48)16-31(44)32(22(3)41)40-34(46)26(19-38)18-29(42)25-9-7-23(8-10-25)24-11-13-27(36)14-12-24/h7-14,20-22,26,28,32,41,47-48H,4-6,15-19,37-38H2,1-3H3,(H,39,45)(H,40,46)/t20-,21-,22-,26+,28+,32+/m1/s1. The molecule has 0 spiro atoms. The molecule has 14 heteroatoms. The Hall–Kier alpha value is -3.46. The molecular formula is C34H48BClN4O8. The first-order valence-corrected chi connectivity index (χ1v) is 16.6. The number of hydrogen-bond acceptors (Lipinski definition) is 10. The van der Waals surface area contributed by atoms with Crippen LogP contribution in [0.5, 0.6) is 0 Å². The minimum atomic E-state index is -1.69. The third kappa shape index (κ3) is 12.9. The van der Waals surface area contributed by atoms with Gasteiger partial charge in [-0.2, -0.15) is 0 Å². The van der Waals surface area contributed by atoms with Gasteiger partial charge in [0.05, 0.1) is 18.1 Å². The number of amides is 2. The maximum absolute atomic E-state index is 13.2. The fourth-order valence-electron chi connectivity index (χ4n) is 5.06. The monoisotopic (exact) mass is 686 g/mol. The third-order valence-corrected chi connectivity index (χ3v) is 8.49. The molecule has 0 heterocycles. The molecule has 2 aromatic carbocycles. The number of carbonyl (C=O) groups is 5. The number of unbranched alkanes of at least 4 members (excludes halogenated alkanes) is 1. The molecule has 0 aliphatic carbocycles. The minimum Gasteiger partial charge on any atom is -0.427 e. The van der Waals surface area contributed by atoms with Crippen LogP contribution in [0.1, 0.15) is 69.7 Å². The van der Waals surface area contributed by atoms with Crippen LogP contribution in [0.3, 0.4) is 0 Å². The van der Waals surface area contributed by atoms with E-state index >= 15 is 0 Å². The fraction of sp³-hybridized carbons (Fsp3) is 0.500. The molecule has 0 bridgehead atoms. The van der Waals surface area contributed by atoms with Gasteiger partial charge in [-0.1, -0.05) is 61.8 Å². The molecular weight excluding hydrogens is 639 g/mol. The zero-order chi connectivity index (χ0) is 36.0. The Morgan fingerprint density at radius 3 is 1.90 bits per heavy atom. The highest BCUT2D eigenvalue weighted by atomic mass is 35.5. The van der Waals surface area contributed by atoms with E-state index < -0.39 is 60.6 Å². The number of aliphatic hydroxyl groups is 1. The van der Waals surface area contributed by atoms with Crippen molar-refractivity contribution < 1.29 is 39.1 Å². The quantitative estimate of drug-likeness (QED) is 0.0575. The number of hydrogen-bond donors (Lipinski definition) is 7. The first-order chi connectivity index (χ1) is 22.7. The fourth-order valence-corrected chi connectivity index (χ4v) is 5.19. The highest BCUT2D eigenvalue weighted by Crippen LogP contribution is 2.23. The predicted octanol–water partition coefficient (Wildman–Crippen LogP) is 2.05. The molecule has 0 aliphatic heterocycles. The molecule has 0 saturated carbocycles. The highest BCUT2D eigenvalue weighted by molar-refractivity contribution is 6.43. The van der Waals surface area contributed by atoms with Crippen LogP contribution in [-0.2, 0) is 19.2 Å².